The largest absolute Gasteiger partial charge is 0.479 e. The molecule has 2 bridgehead atoms. The van der Waals surface area contributed by atoms with Crippen molar-refractivity contribution >= 4 is 17.8 Å². The molecule has 4 heterocycles. The number of carboxylic acids is 2. The number of aryl methyl sites for hydroxylation is 1. The molecule has 3 fully saturated rings. The first-order valence-corrected chi connectivity index (χ1v) is 11.2. The zero-order valence-electron chi connectivity index (χ0n) is 17.9. The molecule has 9 nitrogen and oxygen atoms in total. The van der Waals surface area contributed by atoms with Gasteiger partial charge in [-0.05, 0) is 68.3 Å². The Morgan fingerprint density at radius 1 is 0.969 bits per heavy atom. The van der Waals surface area contributed by atoms with Crippen LogP contribution in [0, 0.1) is 5.92 Å². The van der Waals surface area contributed by atoms with Crippen LogP contribution < -0.4 is 0 Å². The fourth-order valence-electron chi connectivity index (χ4n) is 5.68. The number of aliphatic hydroxyl groups is 2. The highest BCUT2D eigenvalue weighted by molar-refractivity contribution is 5.98. The third-order valence-corrected chi connectivity index (χ3v) is 7.34. The summed E-state index contributed by atoms with van der Waals surface area (Å²) in [5.41, 5.74) is 3.86. The average molecular weight is 447 g/mol. The van der Waals surface area contributed by atoms with Crippen LogP contribution in [0.1, 0.15) is 53.1 Å². The van der Waals surface area contributed by atoms with E-state index < -0.39 is 24.1 Å². The number of carbonyl (C=O) groups is 3. The molecule has 4 N–H and O–H groups in total. The average Bonchev–Trinajstić information content (AvgIpc) is 2.81. The van der Waals surface area contributed by atoms with E-state index in [2.05, 4.69) is 28.0 Å². The normalized spacial score (nSPS) is 29.9. The van der Waals surface area contributed by atoms with E-state index in [0.29, 0.717) is 17.9 Å². The van der Waals surface area contributed by atoms with Gasteiger partial charge < -0.3 is 30.2 Å². The van der Waals surface area contributed by atoms with E-state index in [4.69, 9.17) is 20.4 Å². The summed E-state index contributed by atoms with van der Waals surface area (Å²) in [7, 11) is 0. The van der Waals surface area contributed by atoms with Crippen LogP contribution in [0.2, 0.25) is 0 Å². The second-order valence-electron chi connectivity index (χ2n) is 9.20. The van der Waals surface area contributed by atoms with Crippen molar-refractivity contribution in [3.05, 3.63) is 34.9 Å². The van der Waals surface area contributed by atoms with Crippen molar-refractivity contribution in [3.63, 3.8) is 0 Å². The molecule has 0 saturated carbocycles. The van der Waals surface area contributed by atoms with Crippen molar-refractivity contribution in [2.45, 2.75) is 56.3 Å². The molecular weight excluding hydrogens is 416 g/mol. The van der Waals surface area contributed by atoms with Gasteiger partial charge in [0.2, 0.25) is 0 Å². The SMILES string of the molecule is O=C(O)C(O)C(O)C(=O)O.O=C1c2cccc3c2[C@H](CCC3)CN1[C@@H]1CN2CCC1CC2. The van der Waals surface area contributed by atoms with Crippen molar-refractivity contribution in [2.75, 3.05) is 26.2 Å². The summed E-state index contributed by atoms with van der Waals surface area (Å²) in [6, 6.07) is 6.87. The number of benzene rings is 1. The summed E-state index contributed by atoms with van der Waals surface area (Å²) in [5, 5.41) is 32.5. The van der Waals surface area contributed by atoms with Crippen molar-refractivity contribution in [2.24, 2.45) is 5.92 Å². The Bertz CT molecular complexity index is 878. The number of nitrogens with zero attached hydrogens (tertiary/aromatic N) is 2. The van der Waals surface area contributed by atoms with E-state index in [-0.39, 0.29) is 0 Å². The number of fused-ring (bicyclic) bond motifs is 3. The van der Waals surface area contributed by atoms with Gasteiger partial charge >= 0.3 is 11.9 Å². The molecule has 9 heteroatoms. The number of carboxylic acid groups (broad SMARTS) is 2. The second kappa shape index (κ2) is 9.17. The van der Waals surface area contributed by atoms with Gasteiger partial charge in [0, 0.05) is 30.6 Å². The maximum atomic E-state index is 13.1. The lowest BCUT2D eigenvalue weighted by Gasteiger charge is -2.51. The first kappa shape index (κ1) is 22.7. The van der Waals surface area contributed by atoms with Crippen molar-refractivity contribution in [3.8, 4) is 0 Å². The summed E-state index contributed by atoms with van der Waals surface area (Å²) >= 11 is 0. The lowest BCUT2D eigenvalue weighted by molar-refractivity contribution is -0.165. The molecule has 1 aromatic carbocycles. The lowest BCUT2D eigenvalue weighted by Crippen LogP contribution is -2.60. The van der Waals surface area contributed by atoms with E-state index in [1.165, 1.54) is 49.9 Å². The van der Waals surface area contributed by atoms with E-state index in [9.17, 15) is 14.4 Å². The number of rotatable bonds is 4. The molecule has 4 atom stereocenters. The van der Waals surface area contributed by atoms with Crippen LogP contribution in [-0.4, -0.2) is 92.5 Å². The molecule has 1 amide bonds. The first-order chi connectivity index (χ1) is 15.3. The van der Waals surface area contributed by atoms with Crippen molar-refractivity contribution < 1.29 is 34.8 Å². The molecule has 6 rings (SSSR count). The Morgan fingerprint density at radius 2 is 1.62 bits per heavy atom. The van der Waals surface area contributed by atoms with Crippen LogP contribution in [0.5, 0.6) is 0 Å². The maximum absolute atomic E-state index is 13.1. The van der Waals surface area contributed by atoms with Gasteiger partial charge in [-0.2, -0.15) is 0 Å². The highest BCUT2D eigenvalue weighted by Gasteiger charge is 2.43. The highest BCUT2D eigenvalue weighted by atomic mass is 16.4. The zero-order chi connectivity index (χ0) is 23.0. The molecule has 32 heavy (non-hydrogen) atoms. The third kappa shape index (κ3) is 4.24. The molecule has 4 aliphatic heterocycles. The predicted molar refractivity (Wildman–Crippen MR) is 113 cm³/mol. The quantitative estimate of drug-likeness (QED) is 0.526. The van der Waals surface area contributed by atoms with Gasteiger partial charge in [0.15, 0.2) is 12.2 Å². The Balaban J connectivity index is 0.000000211. The zero-order valence-corrected chi connectivity index (χ0v) is 17.9. The van der Waals surface area contributed by atoms with Gasteiger partial charge in [-0.1, -0.05) is 12.1 Å². The minimum absolute atomic E-state index is 0.314. The van der Waals surface area contributed by atoms with Crippen LogP contribution in [0.25, 0.3) is 0 Å². The molecule has 0 spiro atoms. The van der Waals surface area contributed by atoms with Gasteiger partial charge in [-0.15, -0.1) is 0 Å². The Kier molecular flexibility index (Phi) is 6.50. The molecular formula is C23H30N2O7. The van der Waals surface area contributed by atoms with E-state index in [1.54, 1.807) is 0 Å². The van der Waals surface area contributed by atoms with Crippen LogP contribution in [0.4, 0.5) is 0 Å². The second-order valence-corrected chi connectivity index (χ2v) is 9.20. The predicted octanol–water partition coefficient (Wildman–Crippen LogP) is 0.534. The van der Waals surface area contributed by atoms with Crippen molar-refractivity contribution in [1.82, 2.24) is 9.80 Å². The standard InChI is InChI=1S/C19H24N2O.C4H6O6/c22-19-16-6-2-4-14-3-1-5-15(18(14)16)11-21(19)17-12-20-9-7-13(17)8-10-20;5-1(3(7)8)2(6)4(9)10/h2,4,6,13,15,17H,1,3,5,7-12H2;1-2,5-6H,(H,7,8)(H,9,10)/t15-,17-;/m1./s1. The topological polar surface area (TPSA) is 139 Å². The van der Waals surface area contributed by atoms with Crippen LogP contribution in [-0.2, 0) is 16.0 Å². The van der Waals surface area contributed by atoms with Crippen molar-refractivity contribution in [1.29, 1.82) is 0 Å². The highest BCUT2D eigenvalue weighted by Crippen LogP contribution is 2.41. The summed E-state index contributed by atoms with van der Waals surface area (Å²) in [6.07, 6.45) is 1.73. The fraction of sp³-hybridized carbons (Fsp3) is 0.609. The summed E-state index contributed by atoms with van der Waals surface area (Å²) in [5.74, 6) is -1.89. The number of carbonyl (C=O) groups excluding carboxylic acids is 1. The molecule has 1 aliphatic carbocycles. The molecule has 0 radical (unpaired) electrons. The smallest absolute Gasteiger partial charge is 0.335 e. The molecule has 0 aromatic heterocycles. The molecule has 1 aromatic rings. The molecule has 3 saturated heterocycles. The third-order valence-electron chi connectivity index (χ3n) is 7.34. The minimum atomic E-state index is -2.27. The number of hydrogen-bond acceptors (Lipinski definition) is 6. The number of aliphatic carboxylic acids is 2. The maximum Gasteiger partial charge on any atom is 0.335 e. The number of hydrogen-bond donors (Lipinski definition) is 4. The Morgan fingerprint density at radius 3 is 2.19 bits per heavy atom. The van der Waals surface area contributed by atoms with Gasteiger partial charge in [-0.25, -0.2) is 9.59 Å². The van der Waals surface area contributed by atoms with Crippen LogP contribution in [0.15, 0.2) is 18.2 Å². The monoisotopic (exact) mass is 446 g/mol. The summed E-state index contributed by atoms with van der Waals surface area (Å²) in [4.78, 5) is 37.5. The van der Waals surface area contributed by atoms with E-state index in [0.717, 1.165) is 31.0 Å². The van der Waals surface area contributed by atoms with Crippen LogP contribution in [0.3, 0.4) is 0 Å². The van der Waals surface area contributed by atoms with Gasteiger partial charge in [0.1, 0.15) is 0 Å². The summed E-state index contributed by atoms with van der Waals surface area (Å²) in [6.45, 7) is 4.57. The van der Waals surface area contributed by atoms with Gasteiger partial charge in [0.05, 0.1) is 0 Å². The fourth-order valence-corrected chi connectivity index (χ4v) is 5.68. The Labute approximate surface area is 186 Å². The van der Waals surface area contributed by atoms with Gasteiger partial charge in [-0.3, -0.25) is 4.79 Å². The first-order valence-electron chi connectivity index (χ1n) is 11.2. The summed E-state index contributed by atoms with van der Waals surface area (Å²) < 4.78 is 0. The van der Waals surface area contributed by atoms with Crippen LogP contribution >= 0.6 is 0 Å². The lowest BCUT2D eigenvalue weighted by atomic mass is 9.75. The molecule has 5 aliphatic rings. The van der Waals surface area contributed by atoms with E-state index >= 15 is 0 Å². The molecule has 2 unspecified atom stereocenters. The minimum Gasteiger partial charge on any atom is -0.479 e. The number of piperidine rings is 3. The molecule has 174 valence electrons. The number of amides is 1. The Hall–Kier alpha value is -2.49. The van der Waals surface area contributed by atoms with Gasteiger partial charge in [0.25, 0.3) is 5.91 Å². The van der Waals surface area contributed by atoms with E-state index in [1.807, 2.05) is 0 Å². The number of aliphatic hydroxyl groups excluding tert-OH is 2.